The molecular weight excluding hydrogens is 429 g/mol. The molecule has 3 heterocycles. The second-order valence-corrected chi connectivity index (χ2v) is 8.75. The van der Waals surface area contributed by atoms with Gasteiger partial charge in [-0.25, -0.2) is 4.39 Å². The number of phenols is 1. The second kappa shape index (κ2) is 7.93. The van der Waals surface area contributed by atoms with Crippen LogP contribution >= 0.6 is 0 Å². The van der Waals surface area contributed by atoms with Crippen LogP contribution < -0.4 is 10.6 Å². The maximum absolute atomic E-state index is 14.2. The Morgan fingerprint density at radius 3 is 2.61 bits per heavy atom. The van der Waals surface area contributed by atoms with Crippen LogP contribution in [0.1, 0.15) is 17.5 Å². The summed E-state index contributed by atoms with van der Waals surface area (Å²) < 4.78 is 19.3. The van der Waals surface area contributed by atoms with E-state index in [1.165, 1.54) is 23.1 Å². The van der Waals surface area contributed by atoms with E-state index in [9.17, 15) is 23.9 Å². The molecule has 3 N–H and O–H groups in total. The molecule has 0 aromatic heterocycles. The molecule has 2 aromatic carbocycles. The zero-order valence-electron chi connectivity index (χ0n) is 18.0. The lowest BCUT2D eigenvalue weighted by Gasteiger charge is -2.29. The minimum atomic E-state index is -1.54. The molecule has 3 amide bonds. The molecule has 33 heavy (non-hydrogen) atoms. The standard InChI is InChI=1S/C24H24FN3O5/c1-33-10-2-9-28-21(30)19-18(11-13-3-6-15(29)7-4-13)27-24(20(19)22(28)31)16-12-14(25)5-8-17(16)26-23(24)32/h3-8,12,18-20,27,29H,2,9-11H2,1H3,(H,26,32)/t18-,19+,20-,24+/m0/s1. The highest BCUT2D eigenvalue weighted by molar-refractivity contribution is 6.15. The van der Waals surface area contributed by atoms with Crippen LogP contribution in [0.25, 0.3) is 0 Å². The first-order valence-electron chi connectivity index (χ1n) is 10.9. The van der Waals surface area contributed by atoms with E-state index >= 15 is 0 Å². The first-order chi connectivity index (χ1) is 15.9. The number of nitrogens with zero attached hydrogens (tertiary/aromatic N) is 1. The van der Waals surface area contributed by atoms with Crippen molar-refractivity contribution < 1.29 is 28.6 Å². The van der Waals surface area contributed by atoms with E-state index in [2.05, 4.69) is 10.6 Å². The van der Waals surface area contributed by atoms with Crippen LogP contribution in [-0.4, -0.2) is 54.0 Å². The molecular formula is C24H24FN3O5. The molecule has 4 atom stereocenters. The van der Waals surface area contributed by atoms with Crippen LogP contribution in [0.4, 0.5) is 10.1 Å². The Labute approximate surface area is 189 Å². The third-order valence-electron chi connectivity index (χ3n) is 6.89. The fourth-order valence-corrected chi connectivity index (χ4v) is 5.48. The maximum atomic E-state index is 14.2. The maximum Gasteiger partial charge on any atom is 0.250 e. The third kappa shape index (κ3) is 3.22. The highest BCUT2D eigenvalue weighted by Gasteiger charge is 2.70. The molecule has 5 rings (SSSR count). The predicted molar refractivity (Wildman–Crippen MR) is 116 cm³/mol. The number of amides is 3. The number of methoxy groups -OCH3 is 1. The summed E-state index contributed by atoms with van der Waals surface area (Å²) in [6.07, 6.45) is 0.833. The summed E-state index contributed by atoms with van der Waals surface area (Å²) in [6.45, 7) is 0.583. The average molecular weight is 453 g/mol. The van der Waals surface area contributed by atoms with Crippen molar-refractivity contribution in [2.24, 2.45) is 11.8 Å². The number of benzene rings is 2. The summed E-state index contributed by atoms with van der Waals surface area (Å²) in [4.78, 5) is 41.6. The Morgan fingerprint density at radius 2 is 1.88 bits per heavy atom. The second-order valence-electron chi connectivity index (χ2n) is 8.75. The lowest BCUT2D eigenvalue weighted by molar-refractivity contribution is -0.143. The predicted octanol–water partition coefficient (Wildman–Crippen LogP) is 1.53. The van der Waals surface area contributed by atoms with Gasteiger partial charge in [-0.1, -0.05) is 12.1 Å². The quantitative estimate of drug-likeness (QED) is 0.452. The fourth-order valence-electron chi connectivity index (χ4n) is 5.48. The number of ether oxygens (including phenoxy) is 1. The molecule has 0 radical (unpaired) electrons. The Morgan fingerprint density at radius 1 is 1.12 bits per heavy atom. The van der Waals surface area contributed by atoms with Crippen LogP contribution in [0.5, 0.6) is 5.75 Å². The smallest absolute Gasteiger partial charge is 0.250 e. The van der Waals surface area contributed by atoms with E-state index in [-0.39, 0.29) is 18.2 Å². The Bertz CT molecular complexity index is 1140. The van der Waals surface area contributed by atoms with Crippen LogP contribution in [0, 0.1) is 17.7 Å². The number of hydrogen-bond donors (Lipinski definition) is 3. The number of imide groups is 1. The zero-order valence-corrected chi connectivity index (χ0v) is 18.0. The number of phenolic OH excluding ortho intramolecular Hbond substituents is 1. The molecule has 0 unspecified atom stereocenters. The molecule has 2 fully saturated rings. The number of carbonyl (C=O) groups excluding carboxylic acids is 3. The minimum Gasteiger partial charge on any atom is -0.508 e. The number of halogens is 1. The van der Waals surface area contributed by atoms with Crippen molar-refractivity contribution in [3.8, 4) is 5.75 Å². The first-order valence-corrected chi connectivity index (χ1v) is 10.9. The van der Waals surface area contributed by atoms with Crippen molar-refractivity contribution in [1.29, 1.82) is 0 Å². The molecule has 3 aliphatic rings. The number of rotatable bonds is 6. The number of hydrogen-bond acceptors (Lipinski definition) is 6. The van der Waals surface area contributed by atoms with Gasteiger partial charge >= 0.3 is 0 Å². The van der Waals surface area contributed by atoms with Crippen LogP contribution in [0.2, 0.25) is 0 Å². The molecule has 9 heteroatoms. The van der Waals surface area contributed by atoms with Crippen molar-refractivity contribution in [3.05, 3.63) is 59.4 Å². The van der Waals surface area contributed by atoms with E-state index in [1.54, 1.807) is 31.4 Å². The van der Waals surface area contributed by atoms with Crippen LogP contribution in [0.15, 0.2) is 42.5 Å². The van der Waals surface area contributed by atoms with Gasteiger partial charge in [-0.05, 0) is 48.7 Å². The highest BCUT2D eigenvalue weighted by Crippen LogP contribution is 2.53. The van der Waals surface area contributed by atoms with Gasteiger partial charge in [0, 0.05) is 37.6 Å². The molecule has 0 saturated carbocycles. The molecule has 1 spiro atoms. The van der Waals surface area contributed by atoms with Gasteiger partial charge in [0.05, 0.1) is 11.8 Å². The monoisotopic (exact) mass is 453 g/mol. The Balaban J connectivity index is 1.58. The number of likely N-dealkylation sites (tertiary alicyclic amines) is 1. The number of carbonyl (C=O) groups is 3. The topological polar surface area (TPSA) is 108 Å². The molecule has 2 saturated heterocycles. The van der Waals surface area contributed by atoms with Gasteiger partial charge in [-0.2, -0.15) is 0 Å². The van der Waals surface area contributed by atoms with Crippen molar-refractivity contribution in [3.63, 3.8) is 0 Å². The van der Waals surface area contributed by atoms with E-state index < -0.39 is 41.0 Å². The van der Waals surface area contributed by atoms with E-state index in [0.29, 0.717) is 30.7 Å². The summed E-state index contributed by atoms with van der Waals surface area (Å²) in [5.74, 6) is -3.43. The number of aromatic hydroxyl groups is 1. The van der Waals surface area contributed by atoms with Gasteiger partial charge in [0.1, 0.15) is 17.1 Å². The van der Waals surface area contributed by atoms with Crippen molar-refractivity contribution in [2.45, 2.75) is 24.4 Å². The fraction of sp³-hybridized carbons (Fsp3) is 0.375. The molecule has 0 bridgehead atoms. The normalized spacial score (nSPS) is 27.9. The first kappa shape index (κ1) is 21.5. The summed E-state index contributed by atoms with van der Waals surface area (Å²) in [5, 5.41) is 15.6. The van der Waals surface area contributed by atoms with Gasteiger partial charge in [0.2, 0.25) is 17.7 Å². The van der Waals surface area contributed by atoms with E-state index in [4.69, 9.17) is 4.74 Å². The number of fused-ring (bicyclic) bond motifs is 4. The van der Waals surface area contributed by atoms with Crippen molar-refractivity contribution >= 4 is 23.4 Å². The third-order valence-corrected chi connectivity index (χ3v) is 6.89. The van der Waals surface area contributed by atoms with Crippen molar-refractivity contribution in [1.82, 2.24) is 10.2 Å². The summed E-state index contributed by atoms with van der Waals surface area (Å²) in [5.41, 5.74) is 0.0653. The Hall–Kier alpha value is -3.30. The summed E-state index contributed by atoms with van der Waals surface area (Å²) >= 11 is 0. The van der Waals surface area contributed by atoms with E-state index in [1.807, 2.05) is 0 Å². The van der Waals surface area contributed by atoms with Gasteiger partial charge in [-0.3, -0.25) is 24.6 Å². The molecule has 0 aliphatic carbocycles. The van der Waals surface area contributed by atoms with E-state index in [0.717, 1.165) is 5.56 Å². The van der Waals surface area contributed by atoms with Crippen LogP contribution in [0.3, 0.4) is 0 Å². The highest BCUT2D eigenvalue weighted by atomic mass is 19.1. The van der Waals surface area contributed by atoms with Gasteiger partial charge in [0.15, 0.2) is 0 Å². The Kier molecular flexibility index (Phi) is 5.18. The SMILES string of the molecule is COCCCN1C(=O)[C@@H]2[C@H](Cc3ccc(O)cc3)N[C@@]3(C(=O)Nc4ccc(F)cc43)[C@@H]2C1=O. The van der Waals surface area contributed by atoms with Gasteiger partial charge in [0.25, 0.3) is 0 Å². The lowest BCUT2D eigenvalue weighted by Crippen LogP contribution is -2.53. The number of nitrogens with one attached hydrogen (secondary N) is 2. The molecule has 172 valence electrons. The molecule has 2 aromatic rings. The molecule has 3 aliphatic heterocycles. The average Bonchev–Trinajstić information content (AvgIpc) is 3.36. The molecule has 8 nitrogen and oxygen atoms in total. The summed E-state index contributed by atoms with van der Waals surface area (Å²) in [6, 6.07) is 9.99. The van der Waals surface area contributed by atoms with Crippen molar-refractivity contribution in [2.75, 3.05) is 25.6 Å². The number of anilines is 1. The van der Waals surface area contributed by atoms with Crippen LogP contribution in [-0.2, 0) is 31.1 Å². The zero-order chi connectivity index (χ0) is 23.3. The van der Waals surface area contributed by atoms with Gasteiger partial charge in [-0.15, -0.1) is 0 Å². The summed E-state index contributed by atoms with van der Waals surface area (Å²) in [7, 11) is 1.54. The minimum absolute atomic E-state index is 0.114. The lowest BCUT2D eigenvalue weighted by atomic mass is 9.76. The largest absolute Gasteiger partial charge is 0.508 e. The van der Waals surface area contributed by atoms with Gasteiger partial charge < -0.3 is 15.2 Å².